The molecule has 14 heteroatoms. The molecule has 2 heterocycles. The van der Waals surface area contributed by atoms with Gasteiger partial charge in [-0.1, -0.05) is 116 Å². The summed E-state index contributed by atoms with van der Waals surface area (Å²) in [5.74, 6) is -0.255. The molecule has 14 nitrogen and oxygen atoms in total. The van der Waals surface area contributed by atoms with Gasteiger partial charge in [0.1, 0.15) is 48.8 Å². The first kappa shape index (κ1) is 46.9. The van der Waals surface area contributed by atoms with Gasteiger partial charge in [0.2, 0.25) is 5.91 Å². The van der Waals surface area contributed by atoms with Crippen LogP contribution in [0.15, 0.2) is 12.2 Å². The number of hydrogen-bond acceptors (Lipinski definition) is 13. The molecule has 9 N–H and O–H groups in total. The molecule has 2 aliphatic heterocycles. The van der Waals surface area contributed by atoms with Crippen LogP contribution in [0.1, 0.15) is 129 Å². The first-order chi connectivity index (χ1) is 25.1. The van der Waals surface area contributed by atoms with Crippen molar-refractivity contribution in [3.8, 4) is 0 Å². The van der Waals surface area contributed by atoms with E-state index in [1.807, 2.05) is 6.08 Å². The summed E-state index contributed by atoms with van der Waals surface area (Å²) < 4.78 is 22.5. The molecule has 52 heavy (non-hydrogen) atoms. The van der Waals surface area contributed by atoms with Crippen LogP contribution in [-0.4, -0.2) is 140 Å². The zero-order chi connectivity index (χ0) is 38.3. The molecule has 0 radical (unpaired) electrons. The summed E-state index contributed by atoms with van der Waals surface area (Å²) in [7, 11) is 0. The summed E-state index contributed by atoms with van der Waals surface area (Å²) in [6.07, 6.45) is 6.08. The lowest BCUT2D eigenvalue weighted by atomic mass is 9.97. The van der Waals surface area contributed by atoms with E-state index < -0.39 is 86.8 Å². The van der Waals surface area contributed by atoms with Gasteiger partial charge < -0.3 is 65.1 Å². The average Bonchev–Trinajstić information content (AvgIpc) is 3.14. The minimum Gasteiger partial charge on any atom is -0.394 e. The predicted molar refractivity (Wildman–Crippen MR) is 194 cm³/mol. The highest BCUT2D eigenvalue weighted by Gasteiger charge is 2.50. The molecule has 306 valence electrons. The van der Waals surface area contributed by atoms with Gasteiger partial charge in [0.15, 0.2) is 12.6 Å². The lowest BCUT2D eigenvalue weighted by Crippen LogP contribution is -2.65. The predicted octanol–water partition coefficient (Wildman–Crippen LogP) is 2.09. The van der Waals surface area contributed by atoms with E-state index in [9.17, 15) is 45.6 Å². The lowest BCUT2D eigenvalue weighted by molar-refractivity contribution is -0.359. The maximum atomic E-state index is 12.8. The Hall–Kier alpha value is -1.27. The Morgan fingerprint density at radius 2 is 1.19 bits per heavy atom. The summed E-state index contributed by atoms with van der Waals surface area (Å²) in [5, 5.41) is 85.8. The smallest absolute Gasteiger partial charge is 0.220 e. The Kier molecular flexibility index (Phi) is 24.6. The van der Waals surface area contributed by atoms with Gasteiger partial charge in [0.25, 0.3) is 0 Å². The van der Waals surface area contributed by atoms with Crippen molar-refractivity contribution in [1.82, 2.24) is 5.32 Å². The van der Waals surface area contributed by atoms with Gasteiger partial charge in [-0.05, 0) is 19.3 Å². The van der Waals surface area contributed by atoms with Crippen molar-refractivity contribution in [1.29, 1.82) is 0 Å². The Balaban J connectivity index is 1.93. The van der Waals surface area contributed by atoms with Crippen LogP contribution in [0.25, 0.3) is 0 Å². The van der Waals surface area contributed by atoms with Gasteiger partial charge in [0, 0.05) is 6.42 Å². The van der Waals surface area contributed by atoms with Gasteiger partial charge in [-0.15, -0.1) is 0 Å². The molecule has 12 atom stereocenters. The monoisotopic (exact) mass is 749 g/mol. The van der Waals surface area contributed by atoms with Crippen LogP contribution in [0.3, 0.4) is 0 Å². The lowest BCUT2D eigenvalue weighted by Gasteiger charge is -2.46. The van der Waals surface area contributed by atoms with Crippen molar-refractivity contribution in [3.05, 3.63) is 12.2 Å². The van der Waals surface area contributed by atoms with E-state index in [0.717, 1.165) is 44.9 Å². The first-order valence-corrected chi connectivity index (χ1v) is 19.9. The van der Waals surface area contributed by atoms with Crippen molar-refractivity contribution < 1.29 is 64.6 Å². The highest BCUT2D eigenvalue weighted by atomic mass is 16.7. The fourth-order valence-electron chi connectivity index (χ4n) is 6.58. The number of hydrogen-bond donors (Lipinski definition) is 9. The van der Waals surface area contributed by atoms with Crippen LogP contribution in [-0.2, 0) is 23.7 Å². The third kappa shape index (κ3) is 16.6. The molecular formula is C38H71NO13. The fraction of sp³-hybridized carbons (Fsp3) is 0.921. The minimum atomic E-state index is -1.78. The molecule has 0 aliphatic carbocycles. The largest absolute Gasteiger partial charge is 0.394 e. The van der Waals surface area contributed by atoms with E-state index in [-0.39, 0.29) is 18.9 Å². The number of aliphatic hydroxyl groups excluding tert-OH is 8. The van der Waals surface area contributed by atoms with Crippen LogP contribution in [0, 0.1) is 0 Å². The number of unbranched alkanes of at least 4 members (excludes halogenated alkanes) is 15. The van der Waals surface area contributed by atoms with Gasteiger partial charge in [-0.2, -0.15) is 0 Å². The van der Waals surface area contributed by atoms with Gasteiger partial charge in [-0.3, -0.25) is 4.79 Å². The number of rotatable bonds is 28. The van der Waals surface area contributed by atoms with E-state index in [1.54, 1.807) is 6.08 Å². The molecule has 0 unspecified atom stereocenters. The van der Waals surface area contributed by atoms with E-state index in [4.69, 9.17) is 18.9 Å². The Morgan fingerprint density at radius 3 is 1.77 bits per heavy atom. The molecule has 2 fully saturated rings. The number of amides is 1. The second-order valence-electron chi connectivity index (χ2n) is 14.4. The summed E-state index contributed by atoms with van der Waals surface area (Å²) in [6.45, 7) is 2.64. The van der Waals surface area contributed by atoms with Crippen molar-refractivity contribution in [2.45, 2.75) is 203 Å². The highest BCUT2D eigenvalue weighted by molar-refractivity contribution is 5.76. The summed E-state index contributed by atoms with van der Waals surface area (Å²) >= 11 is 0. The Morgan fingerprint density at radius 1 is 0.673 bits per heavy atom. The van der Waals surface area contributed by atoms with Gasteiger partial charge in [-0.25, -0.2) is 0 Å². The molecule has 0 aromatic rings. The number of carbonyl (C=O) groups is 1. The Bertz CT molecular complexity index is 941. The minimum absolute atomic E-state index is 0.255. The van der Waals surface area contributed by atoms with E-state index >= 15 is 0 Å². The number of allylic oxidation sites excluding steroid dienone is 1. The Labute approximate surface area is 310 Å². The molecule has 2 saturated heterocycles. The van der Waals surface area contributed by atoms with Crippen LogP contribution in [0.4, 0.5) is 0 Å². The molecule has 0 saturated carbocycles. The van der Waals surface area contributed by atoms with Gasteiger partial charge in [0.05, 0.1) is 32.0 Å². The van der Waals surface area contributed by atoms with Crippen LogP contribution >= 0.6 is 0 Å². The summed E-state index contributed by atoms with van der Waals surface area (Å²) in [5.41, 5.74) is 0. The maximum absolute atomic E-state index is 12.8. The third-order valence-electron chi connectivity index (χ3n) is 9.97. The summed E-state index contributed by atoms with van der Waals surface area (Å²) in [4.78, 5) is 12.8. The van der Waals surface area contributed by atoms with Crippen LogP contribution in [0.5, 0.6) is 0 Å². The molecule has 0 aromatic heterocycles. The molecule has 0 bridgehead atoms. The van der Waals surface area contributed by atoms with E-state index in [1.165, 1.54) is 57.8 Å². The van der Waals surface area contributed by atoms with Crippen LogP contribution in [0.2, 0.25) is 0 Å². The molecule has 0 aromatic carbocycles. The molecular weight excluding hydrogens is 678 g/mol. The van der Waals surface area contributed by atoms with Crippen molar-refractivity contribution in [3.63, 3.8) is 0 Å². The second-order valence-corrected chi connectivity index (χ2v) is 14.4. The quantitative estimate of drug-likeness (QED) is 0.0413. The van der Waals surface area contributed by atoms with Crippen molar-refractivity contribution in [2.24, 2.45) is 0 Å². The fourth-order valence-corrected chi connectivity index (χ4v) is 6.58. The topological polar surface area (TPSA) is 228 Å². The number of nitrogens with one attached hydrogen (secondary N) is 1. The van der Waals surface area contributed by atoms with Gasteiger partial charge >= 0.3 is 0 Å². The molecule has 0 spiro atoms. The highest BCUT2D eigenvalue weighted by Crippen LogP contribution is 2.29. The summed E-state index contributed by atoms with van der Waals surface area (Å²) in [6, 6.07) is -0.902. The standard InChI is InChI=1S/C38H71NO13/c1-3-5-7-9-10-11-12-13-14-15-16-18-19-21-27(42)26(39-30(43)22-20-17-8-6-4-2)25-49-37-35(48)33(46)36(29(24-41)51-37)52-38-34(47)32(45)31(44)28(23-40)50-38/h19,21,26-29,31-38,40-42,44-48H,3-18,20,22-25H2,1-2H3,(H,39,43)/b21-19+/t26-,27-,28+,29+,31-,32-,33+,34+,35+,36+,37+,38-/m0/s1. The molecule has 2 aliphatic rings. The first-order valence-electron chi connectivity index (χ1n) is 19.9. The normalized spacial score (nSPS) is 30.8. The zero-order valence-electron chi connectivity index (χ0n) is 31.6. The second kappa shape index (κ2) is 27.3. The third-order valence-corrected chi connectivity index (χ3v) is 9.97. The van der Waals surface area contributed by atoms with Crippen molar-refractivity contribution in [2.75, 3.05) is 19.8 Å². The number of aliphatic hydroxyl groups is 8. The zero-order valence-corrected chi connectivity index (χ0v) is 31.6. The van der Waals surface area contributed by atoms with Crippen LogP contribution < -0.4 is 5.32 Å². The molecule has 2 rings (SSSR count). The maximum Gasteiger partial charge on any atom is 0.220 e. The number of carbonyl (C=O) groups excluding carboxylic acids is 1. The van der Waals surface area contributed by atoms with E-state index in [0.29, 0.717) is 6.42 Å². The SMILES string of the molecule is CCCCCCCCCCCCC/C=C/[C@H](O)[C@H](CO[C@@H]1O[C@H](CO)[C@@H](O[C@@H]2O[C@H](CO)[C@H](O)[C@H](O)[C@H]2O)[C@H](O)[C@H]1O)NC(=O)CCCCCCC. The van der Waals surface area contributed by atoms with Crippen molar-refractivity contribution >= 4 is 5.91 Å². The average molecular weight is 750 g/mol. The number of ether oxygens (including phenoxy) is 4. The molecule has 1 amide bonds. The van der Waals surface area contributed by atoms with E-state index in [2.05, 4.69) is 19.2 Å².